The van der Waals surface area contributed by atoms with E-state index in [9.17, 15) is 4.79 Å². The van der Waals surface area contributed by atoms with Crippen molar-refractivity contribution in [1.82, 2.24) is 14.8 Å². The Morgan fingerprint density at radius 1 is 1.60 bits per heavy atom. The molecule has 0 spiro atoms. The molecule has 50 valence electrons. The zero-order valence-electron chi connectivity index (χ0n) is 5.19. The Kier molecular flexibility index (Phi) is 0.943. The number of allylic oxidation sites excluding steroid dienone is 2. The maximum Gasteiger partial charge on any atom is 0.272 e. The molecule has 0 N–H and O–H groups in total. The maximum absolute atomic E-state index is 10.9. The molecule has 2 heterocycles. The van der Waals surface area contributed by atoms with Gasteiger partial charge in [0.1, 0.15) is 12.2 Å². The summed E-state index contributed by atoms with van der Waals surface area (Å²) in [7, 11) is 0. The molecule has 1 aliphatic heterocycles. The van der Waals surface area contributed by atoms with Crippen LogP contribution in [-0.2, 0) is 6.42 Å². The number of aromatic nitrogens is 3. The van der Waals surface area contributed by atoms with Crippen molar-refractivity contribution in [2.45, 2.75) is 6.42 Å². The molecule has 1 aliphatic rings. The summed E-state index contributed by atoms with van der Waals surface area (Å²) < 4.78 is 1.31. The smallest absolute Gasteiger partial charge is 0.267 e. The van der Waals surface area contributed by atoms with E-state index in [1.54, 1.807) is 6.08 Å². The Labute approximate surface area is 57.2 Å². The Bertz CT molecular complexity index is 300. The van der Waals surface area contributed by atoms with Crippen LogP contribution >= 0.6 is 0 Å². The van der Waals surface area contributed by atoms with Crippen LogP contribution in [0.2, 0.25) is 0 Å². The minimum Gasteiger partial charge on any atom is -0.267 e. The lowest BCUT2D eigenvalue weighted by atomic mass is 10.3. The molecule has 0 atom stereocenters. The molecule has 0 bridgehead atoms. The number of fused-ring (bicyclic) bond motifs is 1. The van der Waals surface area contributed by atoms with Crippen molar-refractivity contribution in [2.24, 2.45) is 0 Å². The number of rotatable bonds is 0. The van der Waals surface area contributed by atoms with Crippen LogP contribution in [0.1, 0.15) is 10.6 Å². The summed E-state index contributed by atoms with van der Waals surface area (Å²) in [5.74, 6) is 0.603. The van der Waals surface area contributed by atoms with Crippen LogP contribution in [0.25, 0.3) is 0 Å². The van der Waals surface area contributed by atoms with Crippen LogP contribution in [0.15, 0.2) is 18.5 Å². The highest BCUT2D eigenvalue weighted by Crippen LogP contribution is 2.02. The largest absolute Gasteiger partial charge is 0.272 e. The lowest BCUT2D eigenvalue weighted by Gasteiger charge is -2.02. The van der Waals surface area contributed by atoms with E-state index >= 15 is 0 Å². The second-order valence-corrected chi connectivity index (χ2v) is 2.03. The van der Waals surface area contributed by atoms with Crippen LogP contribution in [0, 0.1) is 0 Å². The van der Waals surface area contributed by atoms with E-state index < -0.39 is 0 Å². The van der Waals surface area contributed by atoms with E-state index in [-0.39, 0.29) is 5.91 Å². The van der Waals surface area contributed by atoms with Crippen molar-refractivity contribution in [3.63, 3.8) is 0 Å². The predicted octanol–water partition coefficient (Wildman–Crippen LogP) is 0.0306. The van der Waals surface area contributed by atoms with E-state index in [4.69, 9.17) is 0 Å². The molecule has 0 saturated carbocycles. The van der Waals surface area contributed by atoms with Crippen molar-refractivity contribution >= 4 is 5.91 Å². The topological polar surface area (TPSA) is 47.8 Å². The molecule has 0 aliphatic carbocycles. The molecule has 0 aromatic carbocycles. The van der Waals surface area contributed by atoms with Crippen LogP contribution < -0.4 is 0 Å². The van der Waals surface area contributed by atoms with Gasteiger partial charge in [0.2, 0.25) is 0 Å². The zero-order chi connectivity index (χ0) is 6.97. The normalized spacial score (nSPS) is 15.4. The highest BCUT2D eigenvalue weighted by molar-refractivity contribution is 5.90. The molecule has 0 amide bonds. The SMILES string of the molecule is O=C1C=CCc2ncnn21. The van der Waals surface area contributed by atoms with Crippen molar-refractivity contribution in [2.75, 3.05) is 0 Å². The number of hydrogen-bond donors (Lipinski definition) is 0. The number of hydrogen-bond acceptors (Lipinski definition) is 3. The van der Waals surface area contributed by atoms with E-state index in [0.29, 0.717) is 12.2 Å². The highest BCUT2D eigenvalue weighted by atomic mass is 16.2. The van der Waals surface area contributed by atoms with Gasteiger partial charge >= 0.3 is 0 Å². The average Bonchev–Trinajstić information content (AvgIpc) is 2.36. The third kappa shape index (κ3) is 0.586. The van der Waals surface area contributed by atoms with Gasteiger partial charge in [0.15, 0.2) is 0 Å². The Morgan fingerprint density at radius 3 is 3.30 bits per heavy atom. The summed E-state index contributed by atoms with van der Waals surface area (Å²) in [6.45, 7) is 0. The zero-order valence-corrected chi connectivity index (χ0v) is 5.19. The van der Waals surface area contributed by atoms with Gasteiger partial charge < -0.3 is 0 Å². The Morgan fingerprint density at radius 2 is 2.50 bits per heavy atom. The van der Waals surface area contributed by atoms with Crippen LogP contribution in [-0.4, -0.2) is 20.7 Å². The molecule has 0 saturated heterocycles. The van der Waals surface area contributed by atoms with Gasteiger partial charge in [-0.3, -0.25) is 4.79 Å². The monoisotopic (exact) mass is 135 g/mol. The second kappa shape index (κ2) is 1.76. The van der Waals surface area contributed by atoms with E-state index in [2.05, 4.69) is 10.1 Å². The first-order valence-corrected chi connectivity index (χ1v) is 2.98. The molecule has 0 radical (unpaired) electrons. The van der Waals surface area contributed by atoms with Gasteiger partial charge in [0.25, 0.3) is 5.91 Å². The van der Waals surface area contributed by atoms with Gasteiger partial charge in [-0.1, -0.05) is 6.08 Å². The molecule has 0 fully saturated rings. The van der Waals surface area contributed by atoms with E-state index in [1.807, 2.05) is 0 Å². The fourth-order valence-electron chi connectivity index (χ4n) is 0.924. The van der Waals surface area contributed by atoms with Crippen molar-refractivity contribution in [3.8, 4) is 0 Å². The van der Waals surface area contributed by atoms with E-state index in [0.717, 1.165) is 0 Å². The second-order valence-electron chi connectivity index (χ2n) is 2.03. The lowest BCUT2D eigenvalue weighted by Crippen LogP contribution is -2.16. The van der Waals surface area contributed by atoms with Gasteiger partial charge in [0.05, 0.1) is 0 Å². The fraction of sp³-hybridized carbons (Fsp3) is 0.167. The lowest BCUT2D eigenvalue weighted by molar-refractivity contribution is 0.0947. The minimum atomic E-state index is -0.112. The average molecular weight is 135 g/mol. The van der Waals surface area contributed by atoms with Gasteiger partial charge in [-0.15, -0.1) is 0 Å². The summed E-state index contributed by atoms with van der Waals surface area (Å²) in [5, 5.41) is 3.74. The first-order valence-electron chi connectivity index (χ1n) is 2.98. The summed E-state index contributed by atoms with van der Waals surface area (Å²) in [5.41, 5.74) is 0. The summed E-state index contributed by atoms with van der Waals surface area (Å²) in [6, 6.07) is 0. The molecular formula is C6H5N3O. The molecule has 4 heteroatoms. The molecule has 4 nitrogen and oxygen atoms in total. The number of carbonyl (C=O) groups is 1. The van der Waals surface area contributed by atoms with Gasteiger partial charge in [-0.2, -0.15) is 9.78 Å². The van der Waals surface area contributed by atoms with Crippen molar-refractivity contribution in [3.05, 3.63) is 24.3 Å². The first kappa shape index (κ1) is 5.34. The third-order valence-electron chi connectivity index (χ3n) is 1.39. The third-order valence-corrected chi connectivity index (χ3v) is 1.39. The number of nitrogens with zero attached hydrogens (tertiary/aromatic N) is 3. The van der Waals surface area contributed by atoms with Gasteiger partial charge in [-0.05, 0) is 0 Å². The standard InChI is InChI=1S/C6H5N3O/c10-6-3-1-2-5-7-4-8-9(5)6/h1,3-4H,2H2. The van der Waals surface area contributed by atoms with Gasteiger partial charge in [0, 0.05) is 12.5 Å². The molecule has 1 aromatic rings. The fourth-order valence-corrected chi connectivity index (χ4v) is 0.924. The first-order chi connectivity index (χ1) is 4.88. The highest BCUT2D eigenvalue weighted by Gasteiger charge is 2.11. The molecule has 2 rings (SSSR count). The number of carbonyl (C=O) groups excluding carboxylic acids is 1. The van der Waals surface area contributed by atoms with Crippen molar-refractivity contribution in [1.29, 1.82) is 0 Å². The Hall–Kier alpha value is -1.45. The molecule has 0 unspecified atom stereocenters. The van der Waals surface area contributed by atoms with Crippen LogP contribution in [0.3, 0.4) is 0 Å². The van der Waals surface area contributed by atoms with Crippen LogP contribution in [0.5, 0.6) is 0 Å². The maximum atomic E-state index is 10.9. The quantitative estimate of drug-likeness (QED) is 0.504. The van der Waals surface area contributed by atoms with Crippen LogP contribution in [0.4, 0.5) is 0 Å². The molecule has 10 heavy (non-hydrogen) atoms. The summed E-state index contributed by atoms with van der Waals surface area (Å²) in [4.78, 5) is 14.8. The predicted molar refractivity (Wildman–Crippen MR) is 33.5 cm³/mol. The van der Waals surface area contributed by atoms with E-state index in [1.165, 1.54) is 17.1 Å². The molecular weight excluding hydrogens is 130 g/mol. The Balaban J connectivity index is 2.58. The van der Waals surface area contributed by atoms with Gasteiger partial charge in [-0.25, -0.2) is 4.98 Å². The summed E-state index contributed by atoms with van der Waals surface area (Å²) in [6.07, 6.45) is 5.37. The summed E-state index contributed by atoms with van der Waals surface area (Å²) >= 11 is 0. The molecule has 1 aromatic heterocycles. The van der Waals surface area contributed by atoms with Crippen molar-refractivity contribution < 1.29 is 4.79 Å². The minimum absolute atomic E-state index is 0.112.